The lowest BCUT2D eigenvalue weighted by molar-refractivity contribution is -0.139. The van der Waals surface area contributed by atoms with Crippen LogP contribution in [0.3, 0.4) is 0 Å². The lowest BCUT2D eigenvalue weighted by atomic mass is 9.94. The third-order valence-corrected chi connectivity index (χ3v) is 7.39. The third kappa shape index (κ3) is 4.78. The van der Waals surface area contributed by atoms with Crippen LogP contribution in [0.1, 0.15) is 31.0 Å². The zero-order valence-corrected chi connectivity index (χ0v) is 21.8. The number of thioether (sulfide) groups is 1. The molecule has 0 unspecified atom stereocenters. The van der Waals surface area contributed by atoms with Gasteiger partial charge < -0.3 is 14.2 Å². The Bertz CT molecular complexity index is 1470. The number of ether oxygens (including phenoxy) is 3. The smallest absolute Gasteiger partial charge is 0.338 e. The Hall–Kier alpha value is -3.30. The van der Waals surface area contributed by atoms with Gasteiger partial charge in [-0.15, -0.1) is 11.8 Å². The first-order valence-electron chi connectivity index (χ1n) is 11.0. The van der Waals surface area contributed by atoms with E-state index >= 15 is 0 Å². The second kappa shape index (κ2) is 10.5. The first-order chi connectivity index (χ1) is 16.9. The lowest BCUT2D eigenvalue weighted by Gasteiger charge is -2.26. The fourth-order valence-corrected chi connectivity index (χ4v) is 5.45. The van der Waals surface area contributed by atoms with E-state index in [4.69, 9.17) is 14.2 Å². The van der Waals surface area contributed by atoms with Gasteiger partial charge in [0, 0.05) is 10.5 Å². The summed E-state index contributed by atoms with van der Waals surface area (Å²) in [6, 6.07) is 12.5. The van der Waals surface area contributed by atoms with E-state index in [1.807, 2.05) is 36.6 Å². The molecule has 1 aromatic heterocycles. The number of carbonyl (C=O) groups is 1. The Morgan fingerprint density at radius 2 is 1.91 bits per heavy atom. The quantitative estimate of drug-likeness (QED) is 0.357. The van der Waals surface area contributed by atoms with Gasteiger partial charge in [-0.2, -0.15) is 0 Å². The normalized spacial score (nSPS) is 15.5. The number of aromatic nitrogens is 1. The summed E-state index contributed by atoms with van der Waals surface area (Å²) in [6.07, 6.45) is 3.86. The minimum atomic E-state index is -0.781. The van der Waals surface area contributed by atoms with Crippen LogP contribution in [-0.4, -0.2) is 37.6 Å². The maximum Gasteiger partial charge on any atom is 0.338 e. The van der Waals surface area contributed by atoms with E-state index in [9.17, 15) is 9.59 Å². The van der Waals surface area contributed by atoms with Crippen molar-refractivity contribution >= 4 is 35.1 Å². The molecular weight excluding hydrogens is 484 g/mol. The predicted molar refractivity (Wildman–Crippen MR) is 138 cm³/mol. The van der Waals surface area contributed by atoms with Crippen LogP contribution in [-0.2, 0) is 9.53 Å². The molecule has 35 heavy (non-hydrogen) atoms. The van der Waals surface area contributed by atoms with E-state index in [0.29, 0.717) is 37.7 Å². The molecule has 4 rings (SSSR count). The molecule has 0 saturated heterocycles. The highest BCUT2D eigenvalue weighted by atomic mass is 32.2. The molecule has 2 heterocycles. The van der Waals surface area contributed by atoms with Crippen LogP contribution in [0, 0.1) is 0 Å². The van der Waals surface area contributed by atoms with Crippen LogP contribution in [0.15, 0.2) is 68.4 Å². The molecule has 1 atom stereocenters. The molecule has 1 aliphatic heterocycles. The number of hydrogen-bond acceptors (Lipinski definition) is 8. The van der Waals surface area contributed by atoms with Gasteiger partial charge in [0.05, 0.1) is 36.6 Å². The summed E-state index contributed by atoms with van der Waals surface area (Å²) in [5.74, 6) is 0.578. The first kappa shape index (κ1) is 24.8. The molecule has 0 fully saturated rings. The summed E-state index contributed by atoms with van der Waals surface area (Å²) in [6.45, 7) is 3.70. The Kier molecular flexibility index (Phi) is 7.47. The summed E-state index contributed by atoms with van der Waals surface area (Å²) in [4.78, 5) is 33.1. The Labute approximate surface area is 211 Å². The summed E-state index contributed by atoms with van der Waals surface area (Å²) in [7, 11) is 3.11. The molecule has 0 N–H and O–H groups in total. The third-order valence-electron chi connectivity index (χ3n) is 5.66. The van der Waals surface area contributed by atoms with Crippen LogP contribution in [0.2, 0.25) is 0 Å². The lowest BCUT2D eigenvalue weighted by Crippen LogP contribution is -2.40. The number of esters is 1. The summed E-state index contributed by atoms with van der Waals surface area (Å²) >= 11 is 2.94. The average Bonchev–Trinajstić information content (AvgIpc) is 3.17. The number of hydrogen-bond donors (Lipinski definition) is 0. The van der Waals surface area contributed by atoms with E-state index in [-0.39, 0.29) is 12.2 Å². The van der Waals surface area contributed by atoms with Gasteiger partial charge >= 0.3 is 5.97 Å². The van der Waals surface area contributed by atoms with Crippen LogP contribution in [0.4, 0.5) is 0 Å². The van der Waals surface area contributed by atoms with Crippen LogP contribution in [0.25, 0.3) is 6.08 Å². The SMILES string of the molecule is CCOC(=O)C1=C(C)N=c2sc(=Cc3ccc(SC)cc3)c(=O)n2[C@@H]1c1cc(OC)ccc1OC. The maximum atomic E-state index is 13.7. The maximum absolute atomic E-state index is 13.7. The summed E-state index contributed by atoms with van der Waals surface area (Å²) in [5.41, 5.74) is 2.06. The number of carbonyl (C=O) groups excluding carboxylic acids is 1. The fraction of sp³-hybridized carbons (Fsp3) is 0.269. The molecule has 0 bridgehead atoms. The van der Waals surface area contributed by atoms with Gasteiger partial charge in [0.1, 0.15) is 17.5 Å². The highest BCUT2D eigenvalue weighted by molar-refractivity contribution is 7.98. The Morgan fingerprint density at radius 1 is 1.17 bits per heavy atom. The number of nitrogens with zero attached hydrogens (tertiary/aromatic N) is 2. The van der Waals surface area contributed by atoms with E-state index in [1.165, 1.54) is 11.3 Å². The Morgan fingerprint density at radius 3 is 2.54 bits per heavy atom. The van der Waals surface area contributed by atoms with E-state index < -0.39 is 12.0 Å². The number of methoxy groups -OCH3 is 2. The first-order valence-corrected chi connectivity index (χ1v) is 13.0. The summed E-state index contributed by atoms with van der Waals surface area (Å²) in [5, 5.41) is 0. The van der Waals surface area contributed by atoms with Crippen molar-refractivity contribution in [3.63, 3.8) is 0 Å². The molecule has 0 radical (unpaired) electrons. The van der Waals surface area contributed by atoms with Crippen molar-refractivity contribution in [3.05, 3.63) is 84.5 Å². The second-order valence-electron chi connectivity index (χ2n) is 7.68. The average molecular weight is 511 g/mol. The van der Waals surface area contributed by atoms with Gasteiger partial charge in [-0.1, -0.05) is 23.5 Å². The van der Waals surface area contributed by atoms with Crippen LogP contribution in [0.5, 0.6) is 11.5 Å². The zero-order chi connectivity index (χ0) is 25.1. The molecule has 1 aliphatic rings. The minimum absolute atomic E-state index is 0.202. The van der Waals surface area contributed by atoms with Crippen LogP contribution >= 0.6 is 23.1 Å². The Balaban J connectivity index is 1.98. The van der Waals surface area contributed by atoms with Gasteiger partial charge in [-0.3, -0.25) is 9.36 Å². The minimum Gasteiger partial charge on any atom is -0.497 e. The topological polar surface area (TPSA) is 79.1 Å². The van der Waals surface area contributed by atoms with Crippen molar-refractivity contribution in [2.75, 3.05) is 27.1 Å². The van der Waals surface area contributed by atoms with Gasteiger partial charge in [-0.05, 0) is 62.1 Å². The molecular formula is C26H26N2O5S2. The predicted octanol–water partition coefficient (Wildman–Crippen LogP) is 3.54. The second-order valence-corrected chi connectivity index (χ2v) is 9.57. The molecule has 9 heteroatoms. The molecule has 3 aromatic rings. The molecule has 0 amide bonds. The van der Waals surface area contributed by atoms with E-state index in [1.54, 1.807) is 62.6 Å². The van der Waals surface area contributed by atoms with Crippen LogP contribution < -0.4 is 24.4 Å². The molecule has 0 saturated carbocycles. The van der Waals surface area contributed by atoms with Crippen molar-refractivity contribution in [3.8, 4) is 11.5 Å². The highest BCUT2D eigenvalue weighted by Gasteiger charge is 2.35. The van der Waals surface area contributed by atoms with Crippen molar-refractivity contribution in [2.24, 2.45) is 4.99 Å². The highest BCUT2D eigenvalue weighted by Crippen LogP contribution is 2.37. The van der Waals surface area contributed by atoms with Crippen molar-refractivity contribution in [2.45, 2.75) is 24.8 Å². The van der Waals surface area contributed by atoms with Gasteiger partial charge in [0.15, 0.2) is 4.80 Å². The zero-order valence-electron chi connectivity index (χ0n) is 20.2. The van der Waals surface area contributed by atoms with E-state index in [0.717, 1.165) is 10.5 Å². The molecule has 7 nitrogen and oxygen atoms in total. The number of allylic oxidation sites excluding steroid dienone is 1. The molecule has 2 aromatic carbocycles. The largest absolute Gasteiger partial charge is 0.497 e. The number of fused-ring (bicyclic) bond motifs is 1. The van der Waals surface area contributed by atoms with Crippen molar-refractivity contribution in [1.29, 1.82) is 0 Å². The number of benzene rings is 2. The monoisotopic (exact) mass is 510 g/mol. The van der Waals surface area contributed by atoms with Crippen molar-refractivity contribution in [1.82, 2.24) is 4.57 Å². The van der Waals surface area contributed by atoms with Gasteiger partial charge in [-0.25, -0.2) is 9.79 Å². The fourth-order valence-electron chi connectivity index (χ4n) is 3.99. The van der Waals surface area contributed by atoms with Gasteiger partial charge in [0.25, 0.3) is 5.56 Å². The number of rotatable bonds is 7. The molecule has 0 spiro atoms. The van der Waals surface area contributed by atoms with Crippen molar-refractivity contribution < 1.29 is 19.0 Å². The standard InChI is InChI=1S/C26H26N2O5S2/c1-6-33-25(30)22-15(2)27-26-28(23(22)19-14-17(31-3)9-12-20(19)32-4)24(29)21(35-26)13-16-7-10-18(34-5)11-8-16/h7-14,23H,6H2,1-5H3/t23-/m1/s1. The van der Waals surface area contributed by atoms with Gasteiger partial charge in [0.2, 0.25) is 0 Å². The number of thiazole rings is 1. The molecule has 182 valence electrons. The summed E-state index contributed by atoms with van der Waals surface area (Å²) < 4.78 is 18.5. The molecule has 0 aliphatic carbocycles. The van der Waals surface area contributed by atoms with E-state index in [2.05, 4.69) is 4.99 Å².